The van der Waals surface area contributed by atoms with Gasteiger partial charge in [0.05, 0.1) is 11.0 Å². The van der Waals surface area contributed by atoms with Crippen LogP contribution in [0.2, 0.25) is 0 Å². The van der Waals surface area contributed by atoms with Crippen LogP contribution >= 0.6 is 0 Å². The molecule has 1 aromatic heterocycles. The largest absolute Gasteiger partial charge is 0.311 e. The van der Waals surface area contributed by atoms with Crippen LogP contribution in [0.4, 0.5) is 17.1 Å². The Balaban J connectivity index is 1.00. The van der Waals surface area contributed by atoms with Crippen LogP contribution in [-0.4, -0.2) is 4.57 Å². The molecule has 0 aliphatic carbocycles. The summed E-state index contributed by atoms with van der Waals surface area (Å²) in [5.41, 5.74) is 16.5. The van der Waals surface area contributed by atoms with Crippen LogP contribution in [-0.2, 0) is 0 Å². The molecule has 11 rings (SSSR count). The third-order valence-electron chi connectivity index (χ3n) is 11.8. The number of fused-ring (bicyclic) bond motifs is 4. The molecule has 10 aromatic carbocycles. The SMILES string of the molecule is c1ccc(-c2ccc3c(c2)c2cc(-c4ccccc4)ccc2n3-c2ccc(N(c3ccccc3)c3ccc(-c4cccc5cccc(-c6ccccc6)c45)cc3)cc2)cc1. The summed E-state index contributed by atoms with van der Waals surface area (Å²) in [6.07, 6.45) is 0. The molecule has 2 heteroatoms. The molecular weight excluding hydrogens is 725 g/mol. The van der Waals surface area contributed by atoms with Crippen molar-refractivity contribution in [3.63, 3.8) is 0 Å². The fourth-order valence-electron chi connectivity index (χ4n) is 8.93. The molecule has 1 heterocycles. The Hall–Kier alpha value is -7.94. The molecule has 11 aromatic rings. The topological polar surface area (TPSA) is 8.17 Å². The van der Waals surface area contributed by atoms with Crippen molar-refractivity contribution in [2.45, 2.75) is 0 Å². The van der Waals surface area contributed by atoms with Crippen molar-refractivity contribution < 1.29 is 0 Å². The lowest BCUT2D eigenvalue weighted by molar-refractivity contribution is 1.17. The average molecular weight is 765 g/mol. The first-order valence-electron chi connectivity index (χ1n) is 20.6. The molecule has 0 atom stereocenters. The van der Waals surface area contributed by atoms with Crippen molar-refractivity contribution in [3.8, 4) is 50.2 Å². The molecule has 60 heavy (non-hydrogen) atoms. The molecule has 0 saturated heterocycles. The normalized spacial score (nSPS) is 11.3. The number of para-hydroxylation sites is 1. The Morgan fingerprint density at radius 1 is 0.283 bits per heavy atom. The monoisotopic (exact) mass is 764 g/mol. The summed E-state index contributed by atoms with van der Waals surface area (Å²) in [6, 6.07) is 87.8. The van der Waals surface area contributed by atoms with Crippen LogP contribution in [0.15, 0.2) is 243 Å². The van der Waals surface area contributed by atoms with E-state index in [1.165, 1.54) is 77.1 Å². The van der Waals surface area contributed by atoms with Gasteiger partial charge in [-0.05, 0) is 128 Å². The molecule has 0 fully saturated rings. The zero-order valence-corrected chi connectivity index (χ0v) is 33.0. The van der Waals surface area contributed by atoms with Gasteiger partial charge in [0.15, 0.2) is 0 Å². The number of hydrogen-bond donors (Lipinski definition) is 0. The van der Waals surface area contributed by atoms with E-state index >= 15 is 0 Å². The number of hydrogen-bond acceptors (Lipinski definition) is 1. The summed E-state index contributed by atoms with van der Waals surface area (Å²) >= 11 is 0. The number of anilines is 3. The molecule has 0 unspecified atom stereocenters. The summed E-state index contributed by atoms with van der Waals surface area (Å²) in [7, 11) is 0. The lowest BCUT2D eigenvalue weighted by Crippen LogP contribution is -2.10. The molecule has 0 aliphatic heterocycles. The van der Waals surface area contributed by atoms with Gasteiger partial charge in [-0.2, -0.15) is 0 Å². The Kier molecular flexibility index (Phi) is 8.87. The van der Waals surface area contributed by atoms with Gasteiger partial charge >= 0.3 is 0 Å². The lowest BCUT2D eigenvalue weighted by Gasteiger charge is -2.26. The molecule has 0 N–H and O–H groups in total. The van der Waals surface area contributed by atoms with Crippen LogP contribution in [0.1, 0.15) is 0 Å². The first-order chi connectivity index (χ1) is 29.8. The summed E-state index contributed by atoms with van der Waals surface area (Å²) in [5.74, 6) is 0. The van der Waals surface area contributed by atoms with Crippen molar-refractivity contribution in [1.29, 1.82) is 0 Å². The maximum absolute atomic E-state index is 2.41. The number of aromatic nitrogens is 1. The van der Waals surface area contributed by atoms with Crippen molar-refractivity contribution in [3.05, 3.63) is 243 Å². The maximum Gasteiger partial charge on any atom is 0.0541 e. The third-order valence-corrected chi connectivity index (χ3v) is 11.8. The van der Waals surface area contributed by atoms with Crippen LogP contribution < -0.4 is 4.90 Å². The van der Waals surface area contributed by atoms with Gasteiger partial charge in [-0.1, -0.05) is 170 Å². The summed E-state index contributed by atoms with van der Waals surface area (Å²) < 4.78 is 2.41. The van der Waals surface area contributed by atoms with E-state index < -0.39 is 0 Å². The zero-order chi connectivity index (χ0) is 39.8. The van der Waals surface area contributed by atoms with Crippen LogP contribution in [0.5, 0.6) is 0 Å². The van der Waals surface area contributed by atoms with Crippen LogP contribution in [0.3, 0.4) is 0 Å². The summed E-state index contributed by atoms with van der Waals surface area (Å²) in [6.45, 7) is 0. The highest BCUT2D eigenvalue weighted by molar-refractivity contribution is 6.12. The van der Waals surface area contributed by atoms with E-state index in [2.05, 4.69) is 252 Å². The highest BCUT2D eigenvalue weighted by Crippen LogP contribution is 2.41. The molecular formula is C58H40N2. The van der Waals surface area contributed by atoms with E-state index in [4.69, 9.17) is 0 Å². The number of nitrogens with zero attached hydrogens (tertiary/aromatic N) is 2. The second-order valence-corrected chi connectivity index (χ2v) is 15.3. The van der Waals surface area contributed by atoms with Crippen molar-refractivity contribution in [1.82, 2.24) is 4.57 Å². The van der Waals surface area contributed by atoms with E-state index in [1.54, 1.807) is 0 Å². The van der Waals surface area contributed by atoms with Crippen molar-refractivity contribution in [2.24, 2.45) is 0 Å². The quantitative estimate of drug-likeness (QED) is 0.150. The Labute approximate surface area is 350 Å². The van der Waals surface area contributed by atoms with E-state index in [1.807, 2.05) is 0 Å². The van der Waals surface area contributed by atoms with Gasteiger partial charge in [-0.25, -0.2) is 0 Å². The van der Waals surface area contributed by atoms with Gasteiger partial charge in [0.2, 0.25) is 0 Å². The van der Waals surface area contributed by atoms with E-state index in [-0.39, 0.29) is 0 Å². The van der Waals surface area contributed by atoms with Crippen LogP contribution in [0, 0.1) is 0 Å². The molecule has 0 spiro atoms. The molecule has 0 bridgehead atoms. The average Bonchev–Trinajstić information content (AvgIpc) is 3.66. The smallest absolute Gasteiger partial charge is 0.0541 e. The van der Waals surface area contributed by atoms with Gasteiger partial charge in [0.1, 0.15) is 0 Å². The first kappa shape index (κ1) is 35.2. The molecule has 0 amide bonds. The third kappa shape index (κ3) is 6.32. The second-order valence-electron chi connectivity index (χ2n) is 15.3. The van der Waals surface area contributed by atoms with Crippen molar-refractivity contribution >= 4 is 49.6 Å². The van der Waals surface area contributed by atoms with Gasteiger partial charge in [0.25, 0.3) is 0 Å². The molecule has 282 valence electrons. The Morgan fingerprint density at radius 3 is 1.18 bits per heavy atom. The minimum atomic E-state index is 1.09. The number of benzene rings is 10. The fraction of sp³-hybridized carbons (Fsp3) is 0. The Morgan fingerprint density at radius 2 is 0.683 bits per heavy atom. The Bertz CT molecular complexity index is 3160. The fourth-order valence-corrected chi connectivity index (χ4v) is 8.93. The number of rotatable bonds is 8. The standard InChI is InChI=1S/C58H40N2/c1-5-15-41(16-6-1)46-29-37-56-54(39-46)55-40-47(42-17-7-2-8-18-42)30-38-57(55)60(56)51-35-33-50(34-36-51)59(48-23-11-4-12-24-48)49-31-27-44(28-32-49)53-26-14-22-45-21-13-25-52(58(45)53)43-19-9-3-10-20-43/h1-40H. The van der Waals surface area contributed by atoms with E-state index in [9.17, 15) is 0 Å². The summed E-state index contributed by atoms with van der Waals surface area (Å²) in [5, 5.41) is 4.98. The molecule has 2 nitrogen and oxygen atoms in total. The molecule has 0 radical (unpaired) electrons. The lowest BCUT2D eigenvalue weighted by atomic mass is 9.91. The minimum absolute atomic E-state index is 1.09. The molecule has 0 saturated carbocycles. The van der Waals surface area contributed by atoms with Gasteiger partial charge in [-0.15, -0.1) is 0 Å². The predicted molar refractivity (Wildman–Crippen MR) is 255 cm³/mol. The minimum Gasteiger partial charge on any atom is -0.311 e. The second kappa shape index (κ2) is 15.1. The van der Waals surface area contributed by atoms with E-state index in [0.29, 0.717) is 0 Å². The highest BCUT2D eigenvalue weighted by atomic mass is 15.1. The van der Waals surface area contributed by atoms with Gasteiger partial charge < -0.3 is 9.47 Å². The zero-order valence-electron chi connectivity index (χ0n) is 33.0. The van der Waals surface area contributed by atoms with E-state index in [0.717, 1.165) is 22.7 Å². The highest BCUT2D eigenvalue weighted by Gasteiger charge is 2.18. The summed E-state index contributed by atoms with van der Waals surface area (Å²) in [4.78, 5) is 2.34. The maximum atomic E-state index is 2.41. The molecule has 0 aliphatic rings. The van der Waals surface area contributed by atoms with Crippen LogP contribution in [0.25, 0.3) is 82.8 Å². The first-order valence-corrected chi connectivity index (χ1v) is 20.6. The van der Waals surface area contributed by atoms with Gasteiger partial charge in [-0.3, -0.25) is 0 Å². The van der Waals surface area contributed by atoms with Crippen molar-refractivity contribution in [2.75, 3.05) is 4.90 Å². The predicted octanol–water partition coefficient (Wildman–Crippen LogP) is 16.1. The van der Waals surface area contributed by atoms with Gasteiger partial charge in [0, 0.05) is 33.5 Å².